The molecule has 154 valence electrons. The lowest BCUT2D eigenvalue weighted by Crippen LogP contribution is -2.20. The average molecular weight is 473 g/mol. The second-order valence-corrected chi connectivity index (χ2v) is 7.53. The molecule has 0 bridgehead atoms. The van der Waals surface area contributed by atoms with E-state index in [2.05, 4.69) is 26.5 Å². The molecule has 1 N–H and O–H groups in total. The molecule has 3 aromatic rings. The minimum atomic E-state index is -0.526. The molecule has 0 aliphatic heterocycles. The van der Waals surface area contributed by atoms with E-state index in [9.17, 15) is 19.3 Å². The summed E-state index contributed by atoms with van der Waals surface area (Å²) < 4.78 is 16.8. The van der Waals surface area contributed by atoms with Crippen molar-refractivity contribution in [3.8, 4) is 5.69 Å². The Balaban J connectivity index is 1.75. The summed E-state index contributed by atoms with van der Waals surface area (Å²) in [4.78, 5) is 22.6. The summed E-state index contributed by atoms with van der Waals surface area (Å²) in [5, 5.41) is 15.0. The van der Waals surface area contributed by atoms with E-state index >= 15 is 0 Å². The van der Waals surface area contributed by atoms with Gasteiger partial charge in [-0.25, -0.2) is 9.82 Å². The number of hydrazone groups is 1. The summed E-state index contributed by atoms with van der Waals surface area (Å²) in [5.74, 6) is -0.847. The number of hydrogen-bond donors (Lipinski definition) is 1. The molecule has 0 aliphatic carbocycles. The van der Waals surface area contributed by atoms with E-state index in [1.165, 1.54) is 24.4 Å². The monoisotopic (exact) mass is 472 g/mol. The number of hydrogen-bond acceptors (Lipinski definition) is 4. The molecule has 0 saturated carbocycles. The van der Waals surface area contributed by atoms with Gasteiger partial charge in [0.2, 0.25) is 5.91 Å². The SMILES string of the molecule is Cc1cc(C=NNC(=O)Cc2ccccc2[N+](=O)[O-])c(C)n1-c1ccc(Br)cc1F. The van der Waals surface area contributed by atoms with Crippen LogP contribution in [0.3, 0.4) is 0 Å². The Morgan fingerprint density at radius 1 is 1.27 bits per heavy atom. The van der Waals surface area contributed by atoms with E-state index in [0.29, 0.717) is 21.3 Å². The third-order valence-electron chi connectivity index (χ3n) is 4.55. The number of aryl methyl sites for hydroxylation is 1. The van der Waals surface area contributed by atoms with Crippen LogP contribution in [0.15, 0.2) is 58.1 Å². The highest BCUT2D eigenvalue weighted by molar-refractivity contribution is 9.10. The summed E-state index contributed by atoms with van der Waals surface area (Å²) in [5.41, 5.74) is 5.25. The molecule has 9 heteroatoms. The summed E-state index contributed by atoms with van der Waals surface area (Å²) >= 11 is 3.25. The number of nitro benzene ring substituents is 1. The van der Waals surface area contributed by atoms with Gasteiger partial charge in [0.1, 0.15) is 5.82 Å². The Morgan fingerprint density at radius 3 is 2.70 bits per heavy atom. The Hall–Kier alpha value is -3.33. The van der Waals surface area contributed by atoms with Crippen molar-refractivity contribution in [3.63, 3.8) is 0 Å². The van der Waals surface area contributed by atoms with Gasteiger partial charge in [0.05, 0.1) is 23.2 Å². The van der Waals surface area contributed by atoms with Crippen LogP contribution in [0.25, 0.3) is 5.69 Å². The first-order chi connectivity index (χ1) is 14.3. The number of carbonyl (C=O) groups is 1. The minimum absolute atomic E-state index is 0.114. The maximum Gasteiger partial charge on any atom is 0.273 e. The van der Waals surface area contributed by atoms with E-state index in [0.717, 1.165) is 11.4 Å². The molecule has 1 amide bonds. The lowest BCUT2D eigenvalue weighted by Gasteiger charge is -2.11. The lowest BCUT2D eigenvalue weighted by atomic mass is 10.1. The van der Waals surface area contributed by atoms with Gasteiger partial charge in [-0.2, -0.15) is 5.10 Å². The molecule has 0 saturated heterocycles. The van der Waals surface area contributed by atoms with Crippen LogP contribution in [0.4, 0.5) is 10.1 Å². The summed E-state index contributed by atoms with van der Waals surface area (Å²) in [7, 11) is 0. The molecule has 1 heterocycles. The van der Waals surface area contributed by atoms with Crippen LogP contribution in [0.2, 0.25) is 0 Å². The zero-order valence-electron chi connectivity index (χ0n) is 16.2. The van der Waals surface area contributed by atoms with Gasteiger partial charge in [-0.1, -0.05) is 34.1 Å². The molecule has 7 nitrogen and oxygen atoms in total. The van der Waals surface area contributed by atoms with Crippen molar-refractivity contribution in [3.05, 3.63) is 91.4 Å². The van der Waals surface area contributed by atoms with Crippen molar-refractivity contribution in [1.29, 1.82) is 0 Å². The zero-order valence-corrected chi connectivity index (χ0v) is 17.8. The number of rotatable bonds is 6. The highest BCUT2D eigenvalue weighted by Gasteiger charge is 2.16. The van der Waals surface area contributed by atoms with Gasteiger partial charge in [0.15, 0.2) is 0 Å². The molecule has 1 aromatic heterocycles. The van der Waals surface area contributed by atoms with Crippen molar-refractivity contribution in [2.45, 2.75) is 20.3 Å². The second-order valence-electron chi connectivity index (χ2n) is 6.61. The molecular formula is C21H18BrFN4O3. The van der Waals surface area contributed by atoms with E-state index in [1.54, 1.807) is 28.8 Å². The van der Waals surface area contributed by atoms with Crippen molar-refractivity contribution in [2.75, 3.05) is 0 Å². The molecular weight excluding hydrogens is 455 g/mol. The van der Waals surface area contributed by atoms with Crippen LogP contribution < -0.4 is 5.43 Å². The van der Waals surface area contributed by atoms with Crippen molar-refractivity contribution in [2.24, 2.45) is 5.10 Å². The molecule has 2 aromatic carbocycles. The summed E-state index contributed by atoms with van der Waals surface area (Å²) in [6.45, 7) is 3.67. The summed E-state index contributed by atoms with van der Waals surface area (Å²) in [6, 6.07) is 12.7. The maximum atomic E-state index is 14.4. The standard InChI is InChI=1S/C21H18BrFN4O3/c1-13-9-16(14(2)26(13)20-8-7-17(22)11-18(20)23)12-24-25-21(28)10-15-5-3-4-6-19(15)27(29)30/h3-9,11-12H,10H2,1-2H3,(H,25,28). The fraction of sp³-hybridized carbons (Fsp3) is 0.143. The second kappa shape index (κ2) is 9.00. The highest BCUT2D eigenvalue weighted by Crippen LogP contribution is 2.24. The highest BCUT2D eigenvalue weighted by atomic mass is 79.9. The van der Waals surface area contributed by atoms with Crippen LogP contribution >= 0.6 is 15.9 Å². The van der Waals surface area contributed by atoms with Gasteiger partial charge in [-0.3, -0.25) is 14.9 Å². The van der Waals surface area contributed by atoms with Gasteiger partial charge < -0.3 is 4.57 Å². The molecule has 0 aliphatic rings. The number of aromatic nitrogens is 1. The van der Waals surface area contributed by atoms with Crippen molar-refractivity contribution < 1.29 is 14.1 Å². The minimum Gasteiger partial charge on any atom is -0.315 e. The molecule has 0 unspecified atom stereocenters. The molecule has 0 spiro atoms. The van der Waals surface area contributed by atoms with Crippen LogP contribution in [-0.4, -0.2) is 21.6 Å². The first-order valence-electron chi connectivity index (χ1n) is 8.96. The predicted octanol–water partition coefficient (Wildman–Crippen LogP) is 4.60. The van der Waals surface area contributed by atoms with Crippen LogP contribution in [0.5, 0.6) is 0 Å². The molecule has 3 rings (SSSR count). The third-order valence-corrected chi connectivity index (χ3v) is 5.05. The van der Waals surface area contributed by atoms with Gasteiger partial charge in [0, 0.05) is 33.1 Å². The van der Waals surface area contributed by atoms with Crippen molar-refractivity contribution in [1.82, 2.24) is 9.99 Å². The number of halogens is 2. The third kappa shape index (κ3) is 4.62. The fourth-order valence-electron chi connectivity index (χ4n) is 3.18. The van der Waals surface area contributed by atoms with E-state index in [4.69, 9.17) is 0 Å². The Labute approximate surface area is 180 Å². The average Bonchev–Trinajstić information content (AvgIpc) is 2.96. The Kier molecular flexibility index (Phi) is 6.41. The number of carbonyl (C=O) groups excluding carboxylic acids is 1. The molecule has 0 fully saturated rings. The largest absolute Gasteiger partial charge is 0.315 e. The number of nitro groups is 1. The van der Waals surface area contributed by atoms with Crippen LogP contribution in [0, 0.1) is 29.8 Å². The Bertz CT molecular complexity index is 1160. The first kappa shape index (κ1) is 21.4. The number of amides is 1. The van der Waals surface area contributed by atoms with E-state index in [-0.39, 0.29) is 17.9 Å². The van der Waals surface area contributed by atoms with Crippen LogP contribution in [-0.2, 0) is 11.2 Å². The maximum absolute atomic E-state index is 14.4. The van der Waals surface area contributed by atoms with Crippen molar-refractivity contribution >= 4 is 33.7 Å². The normalized spacial score (nSPS) is 11.1. The van der Waals surface area contributed by atoms with Gasteiger partial charge in [-0.15, -0.1) is 0 Å². The number of nitrogens with zero attached hydrogens (tertiary/aromatic N) is 3. The first-order valence-corrected chi connectivity index (χ1v) is 9.75. The fourth-order valence-corrected chi connectivity index (χ4v) is 3.51. The quantitative estimate of drug-likeness (QED) is 0.323. The predicted molar refractivity (Wildman–Crippen MR) is 115 cm³/mol. The van der Waals surface area contributed by atoms with E-state index < -0.39 is 10.8 Å². The number of para-hydroxylation sites is 1. The number of nitrogens with one attached hydrogen (secondary N) is 1. The molecule has 0 atom stereocenters. The van der Waals surface area contributed by atoms with E-state index in [1.807, 2.05) is 19.9 Å². The molecule has 0 radical (unpaired) electrons. The summed E-state index contributed by atoms with van der Waals surface area (Å²) in [6.07, 6.45) is 1.30. The Morgan fingerprint density at radius 2 is 2.00 bits per heavy atom. The number of benzene rings is 2. The molecule has 30 heavy (non-hydrogen) atoms. The van der Waals surface area contributed by atoms with Gasteiger partial charge in [0.25, 0.3) is 5.69 Å². The van der Waals surface area contributed by atoms with Crippen LogP contribution in [0.1, 0.15) is 22.5 Å². The van der Waals surface area contributed by atoms with Gasteiger partial charge in [-0.05, 0) is 38.1 Å². The zero-order chi connectivity index (χ0) is 21.8. The van der Waals surface area contributed by atoms with Gasteiger partial charge >= 0.3 is 0 Å². The topological polar surface area (TPSA) is 89.5 Å². The smallest absolute Gasteiger partial charge is 0.273 e. The lowest BCUT2D eigenvalue weighted by molar-refractivity contribution is -0.385.